The number of aryl methyl sites for hydroxylation is 1. The third-order valence-corrected chi connectivity index (χ3v) is 4.50. The summed E-state index contributed by atoms with van der Waals surface area (Å²) in [5.41, 5.74) is 2.25. The lowest BCUT2D eigenvalue weighted by atomic mass is 10.1. The number of para-hydroxylation sites is 1. The van der Waals surface area contributed by atoms with E-state index in [1.54, 1.807) is 12.1 Å². The van der Waals surface area contributed by atoms with E-state index in [4.69, 9.17) is 27.9 Å². The van der Waals surface area contributed by atoms with Gasteiger partial charge in [-0.1, -0.05) is 47.5 Å². The predicted octanol–water partition coefficient (Wildman–Crippen LogP) is 4.82. The molecule has 1 heterocycles. The molecule has 122 valence electrons. The van der Waals surface area contributed by atoms with Crippen molar-refractivity contribution < 1.29 is 14.3 Å². The van der Waals surface area contributed by atoms with E-state index in [-0.39, 0.29) is 28.0 Å². The van der Waals surface area contributed by atoms with Crippen LogP contribution in [-0.2, 0) is 4.74 Å². The number of ether oxygens (including phenoxy) is 1. The Kier molecular flexibility index (Phi) is 4.60. The number of H-pyrrole nitrogens is 1. The van der Waals surface area contributed by atoms with Crippen LogP contribution in [0.4, 0.5) is 0 Å². The molecular weight excluding hydrogens is 349 g/mol. The fourth-order valence-electron chi connectivity index (χ4n) is 2.58. The summed E-state index contributed by atoms with van der Waals surface area (Å²) in [6, 6.07) is 12.1. The topological polar surface area (TPSA) is 59.2 Å². The Labute approximate surface area is 148 Å². The molecule has 0 bridgehead atoms. The number of carbonyl (C=O) groups excluding carboxylic acids is 2. The molecule has 1 aromatic heterocycles. The van der Waals surface area contributed by atoms with Gasteiger partial charge < -0.3 is 9.72 Å². The maximum atomic E-state index is 12.5. The van der Waals surface area contributed by atoms with E-state index in [1.165, 1.54) is 6.07 Å². The number of rotatable bonds is 4. The first-order chi connectivity index (χ1) is 11.5. The van der Waals surface area contributed by atoms with Crippen LogP contribution in [-0.4, -0.2) is 23.3 Å². The number of benzene rings is 2. The van der Waals surface area contributed by atoms with Crippen molar-refractivity contribution in [1.29, 1.82) is 0 Å². The molecule has 0 radical (unpaired) electrons. The van der Waals surface area contributed by atoms with Gasteiger partial charge in [0.15, 0.2) is 6.61 Å². The lowest BCUT2D eigenvalue weighted by molar-refractivity contribution is 0.0475. The molecule has 0 atom stereocenters. The van der Waals surface area contributed by atoms with Crippen LogP contribution in [0.1, 0.15) is 26.4 Å². The van der Waals surface area contributed by atoms with E-state index in [1.807, 2.05) is 31.2 Å². The Hall–Kier alpha value is -2.30. The number of aromatic nitrogens is 1. The smallest absolute Gasteiger partial charge is 0.340 e. The van der Waals surface area contributed by atoms with Gasteiger partial charge in [0.25, 0.3) is 0 Å². The summed E-state index contributed by atoms with van der Waals surface area (Å²) in [5, 5.41) is 1.17. The minimum atomic E-state index is -0.687. The van der Waals surface area contributed by atoms with Crippen molar-refractivity contribution in [3.8, 4) is 0 Å². The van der Waals surface area contributed by atoms with E-state index < -0.39 is 5.97 Å². The standard InChI is InChI=1S/C18H13Cl2NO3/c1-10-16(11-5-2-3-8-14(11)21-10)15(22)9-24-18(23)12-6-4-7-13(19)17(12)20/h2-8,21H,9H2,1H3. The zero-order chi connectivity index (χ0) is 17.3. The molecule has 0 amide bonds. The highest BCUT2D eigenvalue weighted by molar-refractivity contribution is 6.43. The first-order valence-corrected chi connectivity index (χ1v) is 7.96. The number of nitrogens with one attached hydrogen (secondary N) is 1. The van der Waals surface area contributed by atoms with Gasteiger partial charge in [0, 0.05) is 22.2 Å². The third kappa shape index (κ3) is 3.03. The molecule has 2 aromatic carbocycles. The van der Waals surface area contributed by atoms with Crippen molar-refractivity contribution in [2.45, 2.75) is 6.92 Å². The minimum Gasteiger partial charge on any atom is -0.454 e. The maximum absolute atomic E-state index is 12.5. The number of carbonyl (C=O) groups is 2. The van der Waals surface area contributed by atoms with Gasteiger partial charge in [-0.3, -0.25) is 4.79 Å². The molecule has 0 unspecified atom stereocenters. The molecule has 3 aromatic rings. The van der Waals surface area contributed by atoms with Gasteiger partial charge >= 0.3 is 5.97 Å². The van der Waals surface area contributed by atoms with E-state index in [0.717, 1.165) is 16.6 Å². The van der Waals surface area contributed by atoms with Crippen molar-refractivity contribution in [1.82, 2.24) is 4.98 Å². The summed E-state index contributed by atoms with van der Waals surface area (Å²) in [4.78, 5) is 27.7. The molecule has 0 saturated heterocycles. The van der Waals surface area contributed by atoms with Crippen molar-refractivity contribution in [2.24, 2.45) is 0 Å². The minimum absolute atomic E-state index is 0.111. The van der Waals surface area contributed by atoms with Gasteiger partial charge in [0.05, 0.1) is 15.6 Å². The summed E-state index contributed by atoms with van der Waals surface area (Å²) in [6.07, 6.45) is 0. The van der Waals surface area contributed by atoms with Crippen LogP contribution in [0.2, 0.25) is 10.0 Å². The SMILES string of the molecule is Cc1[nH]c2ccccc2c1C(=O)COC(=O)c1cccc(Cl)c1Cl. The van der Waals surface area contributed by atoms with E-state index in [9.17, 15) is 9.59 Å². The second kappa shape index (κ2) is 6.67. The quantitative estimate of drug-likeness (QED) is 0.535. The molecule has 0 aliphatic heterocycles. The molecule has 0 saturated carbocycles. The van der Waals surface area contributed by atoms with Crippen LogP contribution >= 0.6 is 23.2 Å². The van der Waals surface area contributed by atoms with Gasteiger partial charge in [-0.05, 0) is 25.1 Å². The summed E-state index contributed by atoms with van der Waals surface area (Å²) in [6.45, 7) is 1.44. The molecule has 4 nitrogen and oxygen atoms in total. The van der Waals surface area contributed by atoms with Crippen molar-refractivity contribution in [3.63, 3.8) is 0 Å². The first kappa shape index (κ1) is 16.6. The molecule has 1 N–H and O–H groups in total. The lowest BCUT2D eigenvalue weighted by Gasteiger charge is -2.07. The second-order valence-corrected chi connectivity index (χ2v) is 6.06. The molecule has 0 fully saturated rings. The number of fused-ring (bicyclic) bond motifs is 1. The second-order valence-electron chi connectivity index (χ2n) is 5.27. The Morgan fingerprint density at radius 3 is 2.62 bits per heavy atom. The maximum Gasteiger partial charge on any atom is 0.340 e. The lowest BCUT2D eigenvalue weighted by Crippen LogP contribution is -2.15. The summed E-state index contributed by atoms with van der Waals surface area (Å²) in [7, 11) is 0. The highest BCUT2D eigenvalue weighted by atomic mass is 35.5. The number of halogens is 2. The molecular formula is C18H13Cl2NO3. The highest BCUT2D eigenvalue weighted by Gasteiger charge is 2.19. The molecule has 0 spiro atoms. The van der Waals surface area contributed by atoms with Gasteiger partial charge in [-0.15, -0.1) is 0 Å². The predicted molar refractivity (Wildman–Crippen MR) is 94.1 cm³/mol. The number of hydrogen-bond acceptors (Lipinski definition) is 3. The molecule has 24 heavy (non-hydrogen) atoms. The van der Waals surface area contributed by atoms with Crippen LogP contribution < -0.4 is 0 Å². The van der Waals surface area contributed by atoms with Gasteiger partial charge in [-0.25, -0.2) is 4.79 Å². The molecule has 0 aliphatic rings. The van der Waals surface area contributed by atoms with Crippen molar-refractivity contribution in [2.75, 3.05) is 6.61 Å². The van der Waals surface area contributed by atoms with Gasteiger partial charge in [-0.2, -0.15) is 0 Å². The van der Waals surface area contributed by atoms with Crippen LogP contribution in [0.5, 0.6) is 0 Å². The summed E-state index contributed by atoms with van der Waals surface area (Å²) >= 11 is 11.9. The van der Waals surface area contributed by atoms with E-state index in [2.05, 4.69) is 4.98 Å². The van der Waals surface area contributed by atoms with Crippen molar-refractivity contribution in [3.05, 3.63) is 69.3 Å². The van der Waals surface area contributed by atoms with Crippen LogP contribution in [0.25, 0.3) is 10.9 Å². The van der Waals surface area contributed by atoms with Gasteiger partial charge in [0.1, 0.15) is 0 Å². The molecule has 3 rings (SSSR count). The fourth-order valence-corrected chi connectivity index (χ4v) is 2.96. The zero-order valence-corrected chi connectivity index (χ0v) is 14.2. The Balaban J connectivity index is 1.79. The fraction of sp³-hybridized carbons (Fsp3) is 0.111. The van der Waals surface area contributed by atoms with Crippen LogP contribution in [0.3, 0.4) is 0 Å². The van der Waals surface area contributed by atoms with E-state index in [0.29, 0.717) is 5.56 Å². The van der Waals surface area contributed by atoms with Crippen LogP contribution in [0, 0.1) is 6.92 Å². The third-order valence-electron chi connectivity index (χ3n) is 3.68. The normalized spacial score (nSPS) is 10.8. The number of esters is 1. The number of ketones is 1. The summed E-state index contributed by atoms with van der Waals surface area (Å²) < 4.78 is 5.11. The number of hydrogen-bond donors (Lipinski definition) is 1. The van der Waals surface area contributed by atoms with E-state index >= 15 is 0 Å². The Morgan fingerprint density at radius 1 is 1.08 bits per heavy atom. The molecule has 0 aliphatic carbocycles. The highest BCUT2D eigenvalue weighted by Crippen LogP contribution is 2.26. The first-order valence-electron chi connectivity index (χ1n) is 7.20. The number of Topliss-reactive ketones (excluding diaryl/α,β-unsaturated/α-hetero) is 1. The monoisotopic (exact) mass is 361 g/mol. The largest absolute Gasteiger partial charge is 0.454 e. The van der Waals surface area contributed by atoms with Crippen LogP contribution in [0.15, 0.2) is 42.5 Å². The Morgan fingerprint density at radius 2 is 1.83 bits per heavy atom. The zero-order valence-electron chi connectivity index (χ0n) is 12.7. The number of aromatic amines is 1. The van der Waals surface area contributed by atoms with Gasteiger partial charge in [0.2, 0.25) is 5.78 Å². The molecule has 6 heteroatoms. The average Bonchev–Trinajstić information content (AvgIpc) is 2.90. The average molecular weight is 362 g/mol. The van der Waals surface area contributed by atoms with Crippen molar-refractivity contribution >= 4 is 45.9 Å². The Bertz CT molecular complexity index is 947. The summed E-state index contributed by atoms with van der Waals surface area (Å²) in [5.74, 6) is -0.968.